The molecule has 0 aromatic carbocycles. The van der Waals surface area contributed by atoms with Crippen molar-refractivity contribution in [3.05, 3.63) is 27.2 Å². The second kappa shape index (κ2) is 3.90. The predicted octanol–water partition coefficient (Wildman–Crippen LogP) is 2.90. The maximum Gasteiger partial charge on any atom is 0.197 e. The van der Waals surface area contributed by atoms with Crippen LogP contribution < -0.4 is 0 Å². The van der Waals surface area contributed by atoms with Gasteiger partial charge in [0.2, 0.25) is 0 Å². The molecule has 2 rings (SSSR count). The number of aromatic amines is 1. The van der Waals surface area contributed by atoms with Gasteiger partial charge in [-0.05, 0) is 29.8 Å². The highest BCUT2D eigenvalue weighted by atomic mass is 79.9. The van der Waals surface area contributed by atoms with Gasteiger partial charge >= 0.3 is 0 Å². The van der Waals surface area contributed by atoms with Gasteiger partial charge in [0.15, 0.2) is 11.6 Å². The number of imidazole rings is 1. The molecule has 0 aliphatic rings. The van der Waals surface area contributed by atoms with E-state index in [1.165, 1.54) is 0 Å². The number of hydrogen-bond donors (Lipinski definition) is 1. The summed E-state index contributed by atoms with van der Waals surface area (Å²) in [7, 11) is 0. The minimum atomic E-state index is 0.381. The van der Waals surface area contributed by atoms with Gasteiger partial charge in [-0.3, -0.25) is 0 Å². The largest absolute Gasteiger partial charge is 0.339 e. The lowest BCUT2D eigenvalue weighted by Crippen LogP contribution is -1.91. The Morgan fingerprint density at radius 3 is 2.60 bits per heavy atom. The van der Waals surface area contributed by atoms with E-state index >= 15 is 0 Å². The fourth-order valence-electron chi connectivity index (χ4n) is 1.11. The molecule has 6 heteroatoms. The van der Waals surface area contributed by atoms with Crippen molar-refractivity contribution in [2.45, 2.75) is 13.8 Å². The molecule has 78 valence electrons. The van der Waals surface area contributed by atoms with Crippen molar-refractivity contribution < 1.29 is 0 Å². The topological polar surface area (TPSA) is 54.5 Å². The zero-order valence-corrected chi connectivity index (χ0v) is 10.5. The van der Waals surface area contributed by atoms with Crippen LogP contribution in [0.5, 0.6) is 0 Å². The van der Waals surface area contributed by atoms with Crippen molar-refractivity contribution in [3.8, 4) is 11.6 Å². The van der Waals surface area contributed by atoms with Crippen LogP contribution in [0.2, 0.25) is 5.15 Å². The molecule has 4 nitrogen and oxygen atoms in total. The molecule has 2 aromatic rings. The number of aromatic nitrogens is 4. The van der Waals surface area contributed by atoms with Crippen LogP contribution in [-0.4, -0.2) is 19.9 Å². The highest BCUT2D eigenvalue weighted by molar-refractivity contribution is 9.10. The Hall–Kier alpha value is -0.940. The molecule has 0 radical (unpaired) electrons. The van der Waals surface area contributed by atoms with Crippen molar-refractivity contribution in [1.29, 1.82) is 0 Å². The summed E-state index contributed by atoms with van der Waals surface area (Å²) >= 11 is 9.10. The second-order valence-corrected chi connectivity index (χ2v) is 4.34. The van der Waals surface area contributed by atoms with E-state index in [0.29, 0.717) is 21.3 Å². The Morgan fingerprint density at radius 2 is 2.07 bits per heavy atom. The quantitative estimate of drug-likeness (QED) is 0.821. The summed E-state index contributed by atoms with van der Waals surface area (Å²) in [6.45, 7) is 3.88. The number of aryl methyl sites for hydroxylation is 2. The SMILES string of the molecule is Cc1nc(-c2ncc(Br)c(Cl)n2)[nH]c1C. The molecule has 0 unspecified atom stereocenters. The number of rotatable bonds is 1. The number of H-pyrrole nitrogens is 1. The standard InChI is InChI=1S/C9H8BrClN4/c1-4-5(2)14-9(13-4)8-12-3-6(10)7(11)15-8/h3H,1-2H3,(H,13,14). The van der Waals surface area contributed by atoms with Crippen LogP contribution in [0.15, 0.2) is 10.7 Å². The average Bonchev–Trinajstić information content (AvgIpc) is 2.52. The molecule has 0 fully saturated rings. The normalized spacial score (nSPS) is 10.7. The van der Waals surface area contributed by atoms with Crippen molar-refractivity contribution in [2.24, 2.45) is 0 Å². The third-order valence-corrected chi connectivity index (χ3v) is 3.14. The van der Waals surface area contributed by atoms with Crippen molar-refractivity contribution in [3.63, 3.8) is 0 Å². The van der Waals surface area contributed by atoms with Gasteiger partial charge in [-0.2, -0.15) is 0 Å². The number of hydrogen-bond acceptors (Lipinski definition) is 3. The maximum atomic E-state index is 5.87. The fourth-order valence-corrected chi connectivity index (χ4v) is 1.43. The number of nitrogens with one attached hydrogen (secondary N) is 1. The summed E-state index contributed by atoms with van der Waals surface area (Å²) in [6.07, 6.45) is 1.61. The second-order valence-electron chi connectivity index (χ2n) is 3.13. The first-order chi connectivity index (χ1) is 7.08. The molecule has 0 saturated heterocycles. The van der Waals surface area contributed by atoms with Crippen LogP contribution in [0, 0.1) is 13.8 Å². The van der Waals surface area contributed by atoms with Crippen LogP contribution in [0.3, 0.4) is 0 Å². The lowest BCUT2D eigenvalue weighted by molar-refractivity contribution is 1.10. The first-order valence-corrected chi connectivity index (χ1v) is 5.46. The van der Waals surface area contributed by atoms with Gasteiger partial charge in [-0.15, -0.1) is 0 Å². The van der Waals surface area contributed by atoms with E-state index in [2.05, 4.69) is 35.9 Å². The molecule has 0 atom stereocenters. The average molecular weight is 288 g/mol. The molecule has 0 aliphatic carbocycles. The lowest BCUT2D eigenvalue weighted by Gasteiger charge is -1.97. The minimum Gasteiger partial charge on any atom is -0.339 e. The fraction of sp³-hybridized carbons (Fsp3) is 0.222. The summed E-state index contributed by atoms with van der Waals surface area (Å²) < 4.78 is 0.674. The minimum absolute atomic E-state index is 0.381. The summed E-state index contributed by atoms with van der Waals surface area (Å²) in [5.41, 5.74) is 1.94. The molecule has 0 spiro atoms. The van der Waals surface area contributed by atoms with E-state index < -0.39 is 0 Å². The van der Waals surface area contributed by atoms with E-state index in [4.69, 9.17) is 11.6 Å². The zero-order valence-electron chi connectivity index (χ0n) is 8.17. The van der Waals surface area contributed by atoms with Crippen LogP contribution in [0.1, 0.15) is 11.4 Å². The van der Waals surface area contributed by atoms with Gasteiger partial charge in [0.25, 0.3) is 0 Å². The third-order valence-electron chi connectivity index (χ3n) is 2.04. The molecule has 1 N–H and O–H groups in total. The summed E-state index contributed by atoms with van der Waals surface area (Å²) in [5, 5.41) is 0.381. The molecule has 0 saturated carbocycles. The molecular formula is C9H8BrClN4. The first-order valence-electron chi connectivity index (χ1n) is 4.29. The van der Waals surface area contributed by atoms with Crippen molar-refractivity contribution in [1.82, 2.24) is 19.9 Å². The van der Waals surface area contributed by atoms with Crippen LogP contribution in [-0.2, 0) is 0 Å². The Balaban J connectivity index is 2.49. The third kappa shape index (κ3) is 2.03. The van der Waals surface area contributed by atoms with E-state index in [0.717, 1.165) is 11.4 Å². The molecule has 2 aromatic heterocycles. The van der Waals surface area contributed by atoms with Gasteiger partial charge in [0.1, 0.15) is 5.15 Å². The Labute approximate surface area is 100 Å². The first kappa shape index (κ1) is 10.6. The van der Waals surface area contributed by atoms with E-state index in [9.17, 15) is 0 Å². The van der Waals surface area contributed by atoms with Crippen molar-refractivity contribution >= 4 is 27.5 Å². The Bertz CT molecular complexity index is 489. The lowest BCUT2D eigenvalue weighted by atomic mass is 10.4. The number of nitrogens with zero attached hydrogens (tertiary/aromatic N) is 3. The zero-order chi connectivity index (χ0) is 11.0. The molecule has 0 bridgehead atoms. The molecule has 2 heterocycles. The predicted molar refractivity (Wildman–Crippen MR) is 61.8 cm³/mol. The number of halogens is 2. The Kier molecular flexibility index (Phi) is 2.75. The summed E-state index contributed by atoms with van der Waals surface area (Å²) in [6, 6.07) is 0. The molecular weight excluding hydrogens is 279 g/mol. The van der Waals surface area contributed by atoms with Crippen LogP contribution in [0.25, 0.3) is 11.6 Å². The molecule has 0 aliphatic heterocycles. The van der Waals surface area contributed by atoms with Gasteiger partial charge in [0, 0.05) is 11.9 Å². The van der Waals surface area contributed by atoms with Gasteiger partial charge < -0.3 is 4.98 Å². The van der Waals surface area contributed by atoms with E-state index in [1.807, 2.05) is 13.8 Å². The van der Waals surface area contributed by atoms with Crippen LogP contribution >= 0.6 is 27.5 Å². The highest BCUT2D eigenvalue weighted by Crippen LogP contribution is 2.21. The summed E-state index contributed by atoms with van der Waals surface area (Å²) in [4.78, 5) is 15.6. The molecule has 15 heavy (non-hydrogen) atoms. The van der Waals surface area contributed by atoms with Gasteiger partial charge in [-0.25, -0.2) is 15.0 Å². The van der Waals surface area contributed by atoms with Crippen molar-refractivity contribution in [2.75, 3.05) is 0 Å². The van der Waals surface area contributed by atoms with Gasteiger partial charge in [0.05, 0.1) is 10.2 Å². The highest BCUT2D eigenvalue weighted by Gasteiger charge is 2.09. The molecule has 0 amide bonds. The Morgan fingerprint density at radius 1 is 1.33 bits per heavy atom. The summed E-state index contributed by atoms with van der Waals surface area (Å²) in [5.74, 6) is 1.14. The monoisotopic (exact) mass is 286 g/mol. The smallest absolute Gasteiger partial charge is 0.197 e. The maximum absolute atomic E-state index is 5.87. The van der Waals surface area contributed by atoms with E-state index in [-0.39, 0.29) is 0 Å². The van der Waals surface area contributed by atoms with Gasteiger partial charge in [-0.1, -0.05) is 11.6 Å². The van der Waals surface area contributed by atoms with E-state index in [1.54, 1.807) is 6.20 Å². The van der Waals surface area contributed by atoms with Crippen LogP contribution in [0.4, 0.5) is 0 Å².